The number of nitrogens with one attached hydrogen (secondary N) is 2. The number of benzene rings is 1. The first-order valence-electron chi connectivity index (χ1n) is 9.97. The monoisotopic (exact) mass is 394 g/mol. The summed E-state index contributed by atoms with van der Waals surface area (Å²) in [6.45, 7) is 10.9. The minimum absolute atomic E-state index is 0.0534. The van der Waals surface area contributed by atoms with Crippen molar-refractivity contribution in [3.05, 3.63) is 71.7 Å². The second kappa shape index (κ2) is 9.41. The molecule has 0 atom stereocenters. The van der Waals surface area contributed by atoms with Crippen molar-refractivity contribution < 1.29 is 4.42 Å². The van der Waals surface area contributed by atoms with E-state index >= 15 is 0 Å². The largest absolute Gasteiger partial charge is 0.443 e. The molecule has 0 bridgehead atoms. The lowest BCUT2D eigenvalue weighted by atomic mass is 9.94. The van der Waals surface area contributed by atoms with Crippen LogP contribution in [0.3, 0.4) is 0 Å². The first-order chi connectivity index (χ1) is 14.0. The molecule has 0 spiro atoms. The first-order valence-corrected chi connectivity index (χ1v) is 9.97. The SMILES string of the molecule is CCNC(=NCc1ccccc1Cn1cccn1)NCc1ncc(C(C)(C)C)o1. The Morgan fingerprint density at radius 2 is 1.93 bits per heavy atom. The van der Waals surface area contributed by atoms with E-state index in [1.165, 1.54) is 11.1 Å². The molecular formula is C22H30N6O. The van der Waals surface area contributed by atoms with E-state index in [4.69, 9.17) is 9.41 Å². The minimum atomic E-state index is -0.0534. The molecule has 0 aliphatic heterocycles. The number of guanidine groups is 1. The van der Waals surface area contributed by atoms with E-state index in [0.29, 0.717) is 19.0 Å². The molecule has 2 aromatic heterocycles. The Morgan fingerprint density at radius 3 is 2.59 bits per heavy atom. The molecule has 3 rings (SSSR count). The van der Waals surface area contributed by atoms with Crippen LogP contribution < -0.4 is 10.6 Å². The lowest BCUT2D eigenvalue weighted by Crippen LogP contribution is -2.36. The summed E-state index contributed by atoms with van der Waals surface area (Å²) in [6.07, 6.45) is 5.56. The van der Waals surface area contributed by atoms with Crippen molar-refractivity contribution in [1.82, 2.24) is 25.4 Å². The highest BCUT2D eigenvalue weighted by molar-refractivity contribution is 5.79. The van der Waals surface area contributed by atoms with E-state index in [0.717, 1.165) is 24.8 Å². The number of aliphatic imine (C=N–C) groups is 1. The van der Waals surface area contributed by atoms with Gasteiger partial charge in [-0.15, -0.1) is 0 Å². The van der Waals surface area contributed by atoms with Crippen molar-refractivity contribution in [3.8, 4) is 0 Å². The molecule has 7 heteroatoms. The summed E-state index contributed by atoms with van der Waals surface area (Å²) < 4.78 is 7.77. The zero-order valence-corrected chi connectivity index (χ0v) is 17.6. The Morgan fingerprint density at radius 1 is 1.14 bits per heavy atom. The van der Waals surface area contributed by atoms with Gasteiger partial charge in [0.25, 0.3) is 0 Å². The van der Waals surface area contributed by atoms with Gasteiger partial charge >= 0.3 is 0 Å². The number of rotatable bonds is 7. The second-order valence-corrected chi connectivity index (χ2v) is 7.89. The lowest BCUT2D eigenvalue weighted by molar-refractivity contribution is 0.379. The summed E-state index contributed by atoms with van der Waals surface area (Å²) in [5, 5.41) is 10.9. The molecule has 2 heterocycles. The highest BCUT2D eigenvalue weighted by atomic mass is 16.4. The summed E-state index contributed by atoms with van der Waals surface area (Å²) in [5.74, 6) is 2.26. The van der Waals surface area contributed by atoms with Gasteiger partial charge in [-0.1, -0.05) is 45.0 Å². The number of hydrogen-bond donors (Lipinski definition) is 2. The van der Waals surface area contributed by atoms with Crippen molar-refractivity contribution in [2.24, 2.45) is 4.99 Å². The summed E-state index contributed by atoms with van der Waals surface area (Å²) in [5.41, 5.74) is 2.33. The van der Waals surface area contributed by atoms with Crippen molar-refractivity contribution in [1.29, 1.82) is 0 Å². The van der Waals surface area contributed by atoms with Gasteiger partial charge in [0, 0.05) is 24.4 Å². The number of aromatic nitrogens is 3. The molecule has 0 saturated carbocycles. The molecule has 2 N–H and O–H groups in total. The summed E-state index contributed by atoms with van der Waals surface area (Å²) in [7, 11) is 0. The quantitative estimate of drug-likeness (QED) is 0.474. The molecule has 0 amide bonds. The van der Waals surface area contributed by atoms with Gasteiger partial charge in [-0.2, -0.15) is 5.10 Å². The molecule has 154 valence electrons. The summed E-state index contributed by atoms with van der Waals surface area (Å²) in [4.78, 5) is 9.11. The Hall–Kier alpha value is -3.09. The molecule has 1 aromatic carbocycles. The van der Waals surface area contributed by atoms with Gasteiger partial charge in [0.1, 0.15) is 5.76 Å². The van der Waals surface area contributed by atoms with Crippen LogP contribution in [0.15, 0.2) is 58.3 Å². The van der Waals surface area contributed by atoms with Gasteiger partial charge in [-0.05, 0) is 24.1 Å². The molecule has 0 aliphatic rings. The first kappa shape index (κ1) is 20.6. The van der Waals surface area contributed by atoms with Crippen LogP contribution in [-0.4, -0.2) is 27.3 Å². The van der Waals surface area contributed by atoms with Crippen LogP contribution in [0.4, 0.5) is 0 Å². The molecule has 0 fully saturated rings. The minimum Gasteiger partial charge on any atom is -0.443 e. The highest BCUT2D eigenvalue weighted by Crippen LogP contribution is 2.22. The van der Waals surface area contributed by atoms with Crippen molar-refractivity contribution in [2.45, 2.75) is 52.7 Å². The summed E-state index contributed by atoms with van der Waals surface area (Å²) >= 11 is 0. The van der Waals surface area contributed by atoms with Gasteiger partial charge < -0.3 is 15.1 Å². The van der Waals surface area contributed by atoms with E-state index in [9.17, 15) is 0 Å². The maximum absolute atomic E-state index is 5.85. The fraction of sp³-hybridized carbons (Fsp3) is 0.409. The molecule has 0 aliphatic carbocycles. The Balaban J connectivity index is 1.66. The smallest absolute Gasteiger partial charge is 0.213 e. The predicted octanol–water partition coefficient (Wildman–Crippen LogP) is 3.47. The standard InChI is InChI=1S/C22H30N6O/c1-5-23-21(26-15-20-24-14-19(29-20)22(2,3)4)25-13-17-9-6-7-10-18(17)16-28-12-8-11-27-28/h6-12,14H,5,13,15-16H2,1-4H3,(H2,23,25,26). The third-order valence-corrected chi connectivity index (χ3v) is 4.46. The van der Waals surface area contributed by atoms with Crippen LogP contribution in [-0.2, 0) is 25.0 Å². The van der Waals surface area contributed by atoms with Crippen molar-refractivity contribution in [2.75, 3.05) is 6.54 Å². The number of nitrogens with zero attached hydrogens (tertiary/aromatic N) is 4. The normalized spacial score (nSPS) is 12.2. The lowest BCUT2D eigenvalue weighted by Gasteiger charge is -2.13. The Kier molecular flexibility index (Phi) is 6.69. The van der Waals surface area contributed by atoms with Gasteiger partial charge in [-0.3, -0.25) is 4.68 Å². The van der Waals surface area contributed by atoms with Gasteiger partial charge in [0.2, 0.25) is 5.89 Å². The fourth-order valence-corrected chi connectivity index (χ4v) is 2.84. The fourth-order valence-electron chi connectivity index (χ4n) is 2.84. The zero-order valence-electron chi connectivity index (χ0n) is 17.6. The second-order valence-electron chi connectivity index (χ2n) is 7.89. The van der Waals surface area contributed by atoms with Crippen LogP contribution in [0.1, 0.15) is 50.5 Å². The molecule has 3 aromatic rings. The van der Waals surface area contributed by atoms with Crippen LogP contribution in [0.5, 0.6) is 0 Å². The molecule has 0 unspecified atom stereocenters. The average molecular weight is 395 g/mol. The van der Waals surface area contributed by atoms with Crippen molar-refractivity contribution >= 4 is 5.96 Å². The van der Waals surface area contributed by atoms with E-state index in [1.54, 1.807) is 12.4 Å². The van der Waals surface area contributed by atoms with Crippen LogP contribution in [0.2, 0.25) is 0 Å². The molecule has 7 nitrogen and oxygen atoms in total. The molecule has 0 radical (unpaired) electrons. The average Bonchev–Trinajstić information content (AvgIpc) is 3.36. The Bertz CT molecular complexity index is 921. The van der Waals surface area contributed by atoms with Gasteiger partial charge in [-0.25, -0.2) is 9.98 Å². The van der Waals surface area contributed by atoms with Gasteiger partial charge in [0.15, 0.2) is 5.96 Å². The number of oxazole rings is 1. The number of hydrogen-bond acceptors (Lipinski definition) is 4. The van der Waals surface area contributed by atoms with E-state index < -0.39 is 0 Å². The Labute approximate surface area is 172 Å². The summed E-state index contributed by atoms with van der Waals surface area (Å²) in [6, 6.07) is 10.2. The van der Waals surface area contributed by atoms with Crippen LogP contribution in [0, 0.1) is 0 Å². The molecule has 29 heavy (non-hydrogen) atoms. The topological polar surface area (TPSA) is 80.3 Å². The maximum atomic E-state index is 5.85. The van der Waals surface area contributed by atoms with Gasteiger partial charge in [0.05, 0.1) is 25.8 Å². The van der Waals surface area contributed by atoms with E-state index in [2.05, 4.69) is 53.6 Å². The van der Waals surface area contributed by atoms with Crippen LogP contribution in [0.25, 0.3) is 0 Å². The third kappa shape index (κ3) is 5.94. The van der Waals surface area contributed by atoms with Crippen LogP contribution >= 0.6 is 0 Å². The van der Waals surface area contributed by atoms with E-state index in [-0.39, 0.29) is 5.41 Å². The highest BCUT2D eigenvalue weighted by Gasteiger charge is 2.19. The molecular weight excluding hydrogens is 364 g/mol. The maximum Gasteiger partial charge on any atom is 0.213 e. The third-order valence-electron chi connectivity index (χ3n) is 4.46. The molecule has 0 saturated heterocycles. The zero-order chi connectivity index (χ0) is 20.7. The van der Waals surface area contributed by atoms with Crippen molar-refractivity contribution in [3.63, 3.8) is 0 Å². The predicted molar refractivity (Wildman–Crippen MR) is 115 cm³/mol. The van der Waals surface area contributed by atoms with E-state index in [1.807, 2.05) is 36.0 Å².